The largest absolute Gasteiger partial charge is 0.384 e. The highest BCUT2D eigenvalue weighted by Gasteiger charge is 2.37. The maximum Gasteiger partial charge on any atom is 0.0991 e. The van der Waals surface area contributed by atoms with Crippen LogP contribution < -0.4 is 20.0 Å². The van der Waals surface area contributed by atoms with Gasteiger partial charge >= 0.3 is 0 Å². The third-order valence-electron chi connectivity index (χ3n) is 14.8. The van der Waals surface area contributed by atoms with E-state index < -0.39 is 0 Å². The zero-order chi connectivity index (χ0) is 57.6. The van der Waals surface area contributed by atoms with Gasteiger partial charge in [-0.2, -0.15) is 5.26 Å². The predicted molar refractivity (Wildman–Crippen MR) is 340 cm³/mol. The third kappa shape index (κ3) is 17.0. The van der Waals surface area contributed by atoms with E-state index in [1.807, 2.05) is 127 Å². The summed E-state index contributed by atoms with van der Waals surface area (Å²) in [6, 6.07) is 51.6. The van der Waals surface area contributed by atoms with E-state index >= 15 is 0 Å². The van der Waals surface area contributed by atoms with E-state index in [-0.39, 0.29) is 30.2 Å². The smallest absolute Gasteiger partial charge is 0.0991 e. The highest BCUT2D eigenvalue weighted by Crippen LogP contribution is 2.42. The molecule has 3 aliphatic heterocycles. The van der Waals surface area contributed by atoms with Crippen molar-refractivity contribution in [2.45, 2.75) is 49.6 Å². The Morgan fingerprint density at radius 3 is 1.35 bits per heavy atom. The van der Waals surface area contributed by atoms with Crippen LogP contribution in [0.3, 0.4) is 0 Å². The summed E-state index contributed by atoms with van der Waals surface area (Å²) in [6.45, 7) is 6.80. The second-order valence-corrected chi connectivity index (χ2v) is 24.1. The standard InChI is InChI=1S/C26H24Cl3N3O.C19H20Cl3NO.C18H19Cl3N2O/c1-33-17-23-15-32(22-9-6-20(27)7-10-22)26(24-11-8-21(28)12-25(24)29)16-31(23)14-19-4-2-18(13-30)3-5-19;1-24-12-13-2-9-19(17-8-5-15(21)10-18(17)22)23(11-13)16-6-3-14(20)4-7-16;1-24-11-14-10-23(15-5-2-12(19)3-6-15)18(9-22-14)16-7-4-13(20)8-17(16)21/h2-12,23,26H,14-17H2,1H3;3-8,10,13,19H,2,9,11-12H2,1H3;2-8,14,18,22H,9-11H2,1H3/t23-,26+;13-,19+;14-,18+/m111/s1. The van der Waals surface area contributed by atoms with Gasteiger partial charge in [0.25, 0.3) is 0 Å². The van der Waals surface area contributed by atoms with Crippen molar-refractivity contribution >= 4 is 121 Å². The Labute approximate surface area is 521 Å². The van der Waals surface area contributed by atoms with Crippen molar-refractivity contribution in [2.24, 2.45) is 5.92 Å². The van der Waals surface area contributed by atoms with Crippen LogP contribution in [0.1, 0.15) is 58.8 Å². The number of halogens is 9. The Hall–Kier alpha value is -4.16. The number of benzene rings is 7. The normalized spacial score (nSPS) is 20.2. The maximum absolute atomic E-state index is 9.11. The minimum absolute atomic E-state index is 0.0161. The topological polar surface area (TPSA) is 76.5 Å². The first-order chi connectivity index (χ1) is 39.1. The van der Waals surface area contributed by atoms with Gasteiger partial charge in [-0.1, -0.05) is 135 Å². The molecule has 3 saturated heterocycles. The molecule has 0 unspecified atom stereocenters. The average molecular weight is 1270 g/mol. The van der Waals surface area contributed by atoms with E-state index in [9.17, 15) is 0 Å². The highest BCUT2D eigenvalue weighted by atomic mass is 35.5. The molecule has 0 amide bonds. The van der Waals surface area contributed by atoms with E-state index in [2.05, 4.69) is 43.1 Å². The number of anilines is 3. The summed E-state index contributed by atoms with van der Waals surface area (Å²) in [4.78, 5) is 9.53. The van der Waals surface area contributed by atoms with Crippen LogP contribution in [0.5, 0.6) is 0 Å². The number of nitrogens with one attached hydrogen (secondary N) is 1. The minimum atomic E-state index is 0.0161. The van der Waals surface area contributed by atoms with Gasteiger partial charge in [-0.3, -0.25) is 4.90 Å². The van der Waals surface area contributed by atoms with Crippen molar-refractivity contribution in [2.75, 3.05) is 88.6 Å². The van der Waals surface area contributed by atoms with Gasteiger partial charge in [-0.05, 0) is 162 Å². The molecular weight excluding hydrogens is 1210 g/mol. The molecule has 7 aromatic rings. The zero-order valence-corrected chi connectivity index (χ0v) is 51.8. The lowest BCUT2D eigenvalue weighted by Gasteiger charge is -2.48. The van der Waals surface area contributed by atoms with E-state index in [0.717, 1.165) is 113 Å². The van der Waals surface area contributed by atoms with Crippen LogP contribution in [0, 0.1) is 17.2 Å². The van der Waals surface area contributed by atoms with Gasteiger partial charge in [0.15, 0.2) is 0 Å². The van der Waals surface area contributed by atoms with E-state index in [1.165, 1.54) is 0 Å². The quantitative estimate of drug-likeness (QED) is 0.115. The fourth-order valence-electron chi connectivity index (χ4n) is 10.9. The molecule has 3 aliphatic rings. The molecule has 0 bridgehead atoms. The Kier molecular flexibility index (Phi) is 23.7. The molecule has 0 spiro atoms. The lowest BCUT2D eigenvalue weighted by Crippen LogP contribution is -2.56. The highest BCUT2D eigenvalue weighted by molar-refractivity contribution is 6.36. The molecule has 81 heavy (non-hydrogen) atoms. The van der Waals surface area contributed by atoms with E-state index in [1.54, 1.807) is 33.5 Å². The molecule has 1 N–H and O–H groups in total. The molecule has 18 heteroatoms. The van der Waals surface area contributed by atoms with Gasteiger partial charge in [0.2, 0.25) is 0 Å². The number of nitriles is 1. The molecule has 9 nitrogen and oxygen atoms in total. The summed E-state index contributed by atoms with van der Waals surface area (Å²) in [5.74, 6) is 0.507. The van der Waals surface area contributed by atoms with Crippen molar-refractivity contribution in [1.82, 2.24) is 10.2 Å². The lowest BCUT2D eigenvalue weighted by molar-refractivity contribution is 0.0644. The molecular formula is C63H63Cl9N6O3. The zero-order valence-electron chi connectivity index (χ0n) is 45.0. The van der Waals surface area contributed by atoms with E-state index in [4.69, 9.17) is 124 Å². The Morgan fingerprint density at radius 2 is 0.889 bits per heavy atom. The third-order valence-corrected chi connectivity index (χ3v) is 17.3. The van der Waals surface area contributed by atoms with Crippen molar-refractivity contribution in [3.05, 3.63) is 225 Å². The summed E-state index contributed by atoms with van der Waals surface area (Å²) in [5, 5.41) is 18.8. The summed E-state index contributed by atoms with van der Waals surface area (Å²) in [6.07, 6.45) is 2.14. The van der Waals surface area contributed by atoms with Gasteiger partial charge in [0.1, 0.15) is 0 Å². The SMILES string of the molecule is COC[C@@H]1CC[C@@H](c2ccc(Cl)cc2Cl)N(c2ccc(Cl)cc2)C1.COC[C@H]1CN(c2ccc(Cl)cc2)[C@H](c2ccc(Cl)cc2Cl)CN1.COC[C@H]1CN(c2ccc(Cl)cc2)[C@H](c2ccc(Cl)cc2Cl)CN1Cc1ccc(C#N)cc1. The van der Waals surface area contributed by atoms with Crippen molar-refractivity contribution in [3.63, 3.8) is 0 Å². The number of ether oxygens (including phenoxy) is 3. The number of nitrogens with zero attached hydrogens (tertiary/aromatic N) is 5. The van der Waals surface area contributed by atoms with Gasteiger partial charge < -0.3 is 34.2 Å². The van der Waals surface area contributed by atoms with Gasteiger partial charge in [0.05, 0.1) is 55.6 Å². The molecule has 426 valence electrons. The molecule has 7 aromatic carbocycles. The number of piperidine rings is 1. The Bertz CT molecular complexity index is 3050. The second-order valence-electron chi connectivity index (χ2n) is 20.2. The van der Waals surface area contributed by atoms with Crippen LogP contribution >= 0.6 is 104 Å². The Balaban J connectivity index is 0.000000163. The van der Waals surface area contributed by atoms with Crippen molar-refractivity contribution in [1.29, 1.82) is 5.26 Å². The molecule has 0 aliphatic carbocycles. The second kappa shape index (κ2) is 30.6. The number of hydrogen-bond acceptors (Lipinski definition) is 9. The summed E-state index contributed by atoms with van der Waals surface area (Å²) < 4.78 is 16.3. The average Bonchev–Trinajstić information content (AvgIpc) is 3.60. The predicted octanol–water partition coefficient (Wildman–Crippen LogP) is 17.7. The molecule has 0 aromatic heterocycles. The van der Waals surface area contributed by atoms with Gasteiger partial charge in [0, 0.05) is 129 Å². The van der Waals surface area contributed by atoms with Crippen LogP contribution in [0.4, 0.5) is 17.1 Å². The summed E-state index contributed by atoms with van der Waals surface area (Å²) >= 11 is 56.2. The number of hydrogen-bond donors (Lipinski definition) is 1. The number of piperazine rings is 2. The van der Waals surface area contributed by atoms with Crippen LogP contribution in [-0.2, 0) is 20.8 Å². The fourth-order valence-corrected chi connectivity index (χ4v) is 12.9. The minimum Gasteiger partial charge on any atom is -0.384 e. The van der Waals surface area contributed by atoms with Gasteiger partial charge in [-0.15, -0.1) is 0 Å². The first-order valence-electron chi connectivity index (χ1n) is 26.5. The van der Waals surface area contributed by atoms with Crippen molar-refractivity contribution in [3.8, 4) is 6.07 Å². The van der Waals surface area contributed by atoms with Crippen molar-refractivity contribution < 1.29 is 14.2 Å². The fraction of sp³-hybridized carbons (Fsp3) is 0.317. The van der Waals surface area contributed by atoms with Crippen LogP contribution in [0.25, 0.3) is 0 Å². The molecule has 10 rings (SSSR count). The lowest BCUT2D eigenvalue weighted by atomic mass is 9.88. The number of rotatable bonds is 14. The molecule has 0 saturated carbocycles. The monoisotopic (exact) mass is 1270 g/mol. The molecule has 6 atom stereocenters. The van der Waals surface area contributed by atoms with Crippen LogP contribution in [-0.4, -0.2) is 90.9 Å². The molecule has 0 radical (unpaired) electrons. The van der Waals surface area contributed by atoms with E-state index in [0.29, 0.717) is 54.8 Å². The maximum atomic E-state index is 9.11. The molecule has 3 fully saturated rings. The molecule has 3 heterocycles. The summed E-state index contributed by atoms with van der Waals surface area (Å²) in [7, 11) is 5.21. The number of methoxy groups -OCH3 is 3. The first-order valence-corrected chi connectivity index (χ1v) is 29.9. The summed E-state index contributed by atoms with van der Waals surface area (Å²) in [5.41, 5.74) is 8.34. The first kappa shape index (κ1) is 62.9. The Morgan fingerprint density at radius 1 is 0.457 bits per heavy atom. The van der Waals surface area contributed by atoms with Gasteiger partial charge in [-0.25, -0.2) is 0 Å². The van der Waals surface area contributed by atoms with Crippen LogP contribution in [0.15, 0.2) is 152 Å². The van der Waals surface area contributed by atoms with Crippen LogP contribution in [0.2, 0.25) is 45.2 Å².